The van der Waals surface area contributed by atoms with E-state index in [0.29, 0.717) is 0 Å². The zero-order valence-electron chi connectivity index (χ0n) is 17.8. The second-order valence-electron chi connectivity index (χ2n) is 7.19. The molecule has 0 aromatic heterocycles. The number of nitrogens with one attached hydrogen (secondary N) is 2. The summed E-state index contributed by atoms with van der Waals surface area (Å²) >= 11 is 0. The minimum absolute atomic E-state index is 0.780. The quantitative estimate of drug-likeness (QED) is 0.326. The fourth-order valence-electron chi connectivity index (χ4n) is 3.37. The number of aliphatic imine (C=N–C) groups is 1. The summed E-state index contributed by atoms with van der Waals surface area (Å²) in [5.41, 5.74) is 1.41. The van der Waals surface area contributed by atoms with Gasteiger partial charge in [-0.1, -0.05) is 30.3 Å². The van der Waals surface area contributed by atoms with Crippen molar-refractivity contribution < 1.29 is 4.74 Å². The van der Waals surface area contributed by atoms with E-state index in [1.165, 1.54) is 18.7 Å². The van der Waals surface area contributed by atoms with Crippen molar-refractivity contribution >= 4 is 5.96 Å². The predicted octanol–water partition coefficient (Wildman–Crippen LogP) is 2.18. The van der Waals surface area contributed by atoms with Crippen molar-refractivity contribution in [1.29, 1.82) is 0 Å². The summed E-state index contributed by atoms with van der Waals surface area (Å²) in [5.74, 6) is 0.923. The van der Waals surface area contributed by atoms with Gasteiger partial charge in [-0.15, -0.1) is 0 Å². The van der Waals surface area contributed by atoms with Gasteiger partial charge in [0.2, 0.25) is 0 Å². The zero-order chi connectivity index (χ0) is 19.9. The number of hydrogen-bond acceptors (Lipinski definition) is 4. The smallest absolute Gasteiger partial charge is 0.191 e. The minimum Gasteiger partial charge on any atom is -0.382 e. The lowest BCUT2D eigenvalue weighted by Crippen LogP contribution is -2.46. The highest BCUT2D eigenvalue weighted by Gasteiger charge is 2.16. The molecule has 1 saturated heterocycles. The monoisotopic (exact) mass is 389 g/mol. The summed E-state index contributed by atoms with van der Waals surface area (Å²) < 4.78 is 5.36. The number of nitrogens with zero attached hydrogens (tertiary/aromatic N) is 3. The summed E-state index contributed by atoms with van der Waals surface area (Å²) in [6.07, 6.45) is 2.11. The first-order valence-electron chi connectivity index (χ1n) is 10.9. The number of piperazine rings is 1. The number of hydrogen-bond donors (Lipinski definition) is 2. The minimum atomic E-state index is 0.780. The fourth-order valence-corrected chi connectivity index (χ4v) is 3.37. The van der Waals surface area contributed by atoms with E-state index in [1.54, 1.807) is 0 Å². The van der Waals surface area contributed by atoms with Crippen molar-refractivity contribution in [1.82, 2.24) is 20.4 Å². The highest BCUT2D eigenvalue weighted by molar-refractivity contribution is 5.79. The maximum absolute atomic E-state index is 5.36. The Labute approximate surface area is 171 Å². The van der Waals surface area contributed by atoms with E-state index in [1.807, 2.05) is 6.92 Å². The maximum Gasteiger partial charge on any atom is 0.191 e. The van der Waals surface area contributed by atoms with Gasteiger partial charge in [0.05, 0.1) is 0 Å². The second-order valence-corrected chi connectivity index (χ2v) is 7.19. The van der Waals surface area contributed by atoms with Gasteiger partial charge < -0.3 is 20.3 Å². The molecule has 0 saturated carbocycles. The van der Waals surface area contributed by atoms with Crippen LogP contribution in [0.3, 0.4) is 0 Å². The molecule has 1 heterocycles. The van der Waals surface area contributed by atoms with Crippen LogP contribution in [0.4, 0.5) is 0 Å². The standard InChI is InChI=1S/C22H39N5O/c1-3-23-22(25-13-9-19-28-4-2)24-12-8-14-26-15-17-27(18-16-26)20-21-10-6-5-7-11-21/h5-7,10-11H,3-4,8-9,12-20H2,1-2H3,(H2,23,24,25). The Balaban J connectivity index is 1.56. The number of rotatable bonds is 12. The molecule has 158 valence electrons. The van der Waals surface area contributed by atoms with Crippen LogP contribution in [-0.2, 0) is 11.3 Å². The lowest BCUT2D eigenvalue weighted by atomic mass is 10.2. The van der Waals surface area contributed by atoms with Crippen molar-refractivity contribution in [2.24, 2.45) is 4.99 Å². The van der Waals surface area contributed by atoms with Crippen molar-refractivity contribution in [3.8, 4) is 0 Å². The van der Waals surface area contributed by atoms with Gasteiger partial charge in [-0.3, -0.25) is 9.89 Å². The molecule has 0 aliphatic carbocycles. The Kier molecular flexibility index (Phi) is 11.6. The van der Waals surface area contributed by atoms with Crippen LogP contribution in [0.1, 0.15) is 32.3 Å². The van der Waals surface area contributed by atoms with Crippen molar-refractivity contribution in [3.05, 3.63) is 35.9 Å². The molecule has 2 rings (SSSR count). The number of benzene rings is 1. The Morgan fingerprint density at radius 1 is 1.00 bits per heavy atom. The maximum atomic E-state index is 5.36. The first kappa shape index (κ1) is 22.7. The van der Waals surface area contributed by atoms with Gasteiger partial charge in [-0.25, -0.2) is 0 Å². The van der Waals surface area contributed by atoms with Crippen LogP contribution in [-0.4, -0.2) is 81.3 Å². The van der Waals surface area contributed by atoms with Gasteiger partial charge in [-0.05, 0) is 38.8 Å². The summed E-state index contributed by atoms with van der Waals surface area (Å²) in [7, 11) is 0. The Morgan fingerprint density at radius 2 is 1.75 bits per heavy atom. The largest absolute Gasteiger partial charge is 0.382 e. The molecule has 1 aliphatic rings. The Hall–Kier alpha value is -1.63. The third-order valence-corrected chi connectivity index (χ3v) is 4.92. The van der Waals surface area contributed by atoms with Crippen LogP contribution >= 0.6 is 0 Å². The van der Waals surface area contributed by atoms with Gasteiger partial charge in [0.25, 0.3) is 0 Å². The molecule has 1 aliphatic heterocycles. The third kappa shape index (κ3) is 9.53. The molecule has 0 spiro atoms. The van der Waals surface area contributed by atoms with E-state index >= 15 is 0 Å². The molecule has 0 radical (unpaired) electrons. The summed E-state index contributed by atoms with van der Waals surface area (Å²) in [4.78, 5) is 9.75. The second kappa shape index (κ2) is 14.4. The van der Waals surface area contributed by atoms with E-state index < -0.39 is 0 Å². The van der Waals surface area contributed by atoms with Crippen LogP contribution in [0.5, 0.6) is 0 Å². The number of guanidine groups is 1. The van der Waals surface area contributed by atoms with E-state index in [4.69, 9.17) is 4.74 Å². The van der Waals surface area contributed by atoms with Crippen LogP contribution in [0.15, 0.2) is 35.3 Å². The molecule has 6 heteroatoms. The summed E-state index contributed by atoms with van der Waals surface area (Å²) in [5, 5.41) is 6.77. The van der Waals surface area contributed by atoms with Gasteiger partial charge >= 0.3 is 0 Å². The molecule has 0 amide bonds. The van der Waals surface area contributed by atoms with Crippen LogP contribution in [0.25, 0.3) is 0 Å². The molecule has 2 N–H and O–H groups in total. The van der Waals surface area contributed by atoms with Gasteiger partial charge in [0, 0.05) is 65.6 Å². The molecule has 28 heavy (non-hydrogen) atoms. The topological polar surface area (TPSA) is 52.1 Å². The first-order valence-corrected chi connectivity index (χ1v) is 10.9. The molecule has 0 unspecified atom stereocenters. The van der Waals surface area contributed by atoms with E-state index in [2.05, 4.69) is 62.7 Å². The lowest BCUT2D eigenvalue weighted by molar-refractivity contribution is 0.126. The van der Waals surface area contributed by atoms with Crippen LogP contribution in [0.2, 0.25) is 0 Å². The van der Waals surface area contributed by atoms with E-state index in [9.17, 15) is 0 Å². The normalized spacial score (nSPS) is 16.3. The molecular weight excluding hydrogens is 350 g/mol. The molecule has 1 aromatic carbocycles. The van der Waals surface area contributed by atoms with Gasteiger partial charge in [-0.2, -0.15) is 0 Å². The molecule has 1 aromatic rings. The Morgan fingerprint density at radius 3 is 2.46 bits per heavy atom. The van der Waals surface area contributed by atoms with E-state index in [-0.39, 0.29) is 0 Å². The van der Waals surface area contributed by atoms with Crippen molar-refractivity contribution in [2.45, 2.75) is 33.2 Å². The summed E-state index contributed by atoms with van der Waals surface area (Å²) in [6, 6.07) is 10.8. The molecule has 6 nitrogen and oxygen atoms in total. The lowest BCUT2D eigenvalue weighted by Gasteiger charge is -2.34. The highest BCUT2D eigenvalue weighted by atomic mass is 16.5. The fraction of sp³-hybridized carbons (Fsp3) is 0.682. The Bertz CT molecular complexity index is 529. The van der Waals surface area contributed by atoms with Gasteiger partial charge in [0.1, 0.15) is 0 Å². The first-order chi connectivity index (χ1) is 13.8. The third-order valence-electron chi connectivity index (χ3n) is 4.92. The average molecular weight is 390 g/mol. The van der Waals surface area contributed by atoms with E-state index in [0.717, 1.165) is 77.8 Å². The number of ether oxygens (including phenoxy) is 1. The van der Waals surface area contributed by atoms with Gasteiger partial charge in [0.15, 0.2) is 5.96 Å². The molecular formula is C22H39N5O. The van der Waals surface area contributed by atoms with Crippen molar-refractivity contribution in [3.63, 3.8) is 0 Å². The molecule has 0 atom stereocenters. The zero-order valence-corrected chi connectivity index (χ0v) is 17.8. The predicted molar refractivity (Wildman–Crippen MR) is 118 cm³/mol. The molecule has 0 bridgehead atoms. The summed E-state index contributed by atoms with van der Waals surface area (Å²) in [6.45, 7) is 15.2. The van der Waals surface area contributed by atoms with Crippen LogP contribution in [0, 0.1) is 0 Å². The van der Waals surface area contributed by atoms with Crippen molar-refractivity contribution in [2.75, 3.05) is 65.6 Å². The SMILES string of the molecule is CCNC(=NCCCOCC)NCCCN1CCN(Cc2ccccc2)CC1. The van der Waals surface area contributed by atoms with Crippen LogP contribution < -0.4 is 10.6 Å². The molecule has 1 fully saturated rings. The highest BCUT2D eigenvalue weighted by Crippen LogP contribution is 2.08. The average Bonchev–Trinajstić information content (AvgIpc) is 2.73.